The molecule has 0 saturated carbocycles. The monoisotopic (exact) mass is 287 g/mol. The Balaban J connectivity index is 1.46. The molecule has 1 aromatic heterocycles. The van der Waals surface area contributed by atoms with Gasteiger partial charge in [0.15, 0.2) is 0 Å². The van der Waals surface area contributed by atoms with Crippen LogP contribution in [-0.2, 0) is 12.8 Å². The van der Waals surface area contributed by atoms with Gasteiger partial charge in [0.1, 0.15) is 12.1 Å². The number of hydrogen-bond donors (Lipinski definition) is 1. The van der Waals surface area contributed by atoms with E-state index in [4.69, 9.17) is 5.73 Å². The summed E-state index contributed by atoms with van der Waals surface area (Å²) in [6.45, 7) is 4.60. The van der Waals surface area contributed by atoms with E-state index in [1.807, 2.05) is 0 Å². The summed E-state index contributed by atoms with van der Waals surface area (Å²) in [5.74, 6) is 1.22. The molecule has 0 aromatic carbocycles. The van der Waals surface area contributed by atoms with Crippen molar-refractivity contribution in [3.05, 3.63) is 17.6 Å². The molecule has 2 fully saturated rings. The topological polar surface area (TPSA) is 58.3 Å². The molecule has 3 heterocycles. The molecule has 114 valence electrons. The standard InChI is InChI=1S/C16H25N5/c17-12-4-7-20(8-5-12)13-6-9-21(10-13)16-14-2-1-3-15(14)18-11-19-16/h11-13H,1-10,17H2. The lowest BCUT2D eigenvalue weighted by atomic mass is 10.0. The van der Waals surface area contributed by atoms with Gasteiger partial charge in [-0.3, -0.25) is 4.90 Å². The van der Waals surface area contributed by atoms with E-state index in [1.54, 1.807) is 6.33 Å². The van der Waals surface area contributed by atoms with E-state index in [0.29, 0.717) is 12.1 Å². The molecule has 5 heteroatoms. The maximum atomic E-state index is 6.02. The van der Waals surface area contributed by atoms with Crippen molar-refractivity contribution in [3.8, 4) is 0 Å². The zero-order valence-corrected chi connectivity index (χ0v) is 12.7. The fourth-order valence-electron chi connectivity index (χ4n) is 4.13. The van der Waals surface area contributed by atoms with Gasteiger partial charge in [-0.1, -0.05) is 0 Å². The normalized spacial score (nSPS) is 27.3. The molecule has 1 aromatic rings. The van der Waals surface area contributed by atoms with Crippen LogP contribution in [0.15, 0.2) is 6.33 Å². The summed E-state index contributed by atoms with van der Waals surface area (Å²) in [6, 6.07) is 1.11. The van der Waals surface area contributed by atoms with Gasteiger partial charge >= 0.3 is 0 Å². The van der Waals surface area contributed by atoms with Crippen LogP contribution in [0.4, 0.5) is 5.82 Å². The van der Waals surface area contributed by atoms with E-state index in [0.717, 1.165) is 38.8 Å². The number of rotatable bonds is 2. The number of nitrogens with two attached hydrogens (primary N) is 1. The molecule has 4 rings (SSSR count). The molecule has 1 atom stereocenters. The van der Waals surface area contributed by atoms with E-state index < -0.39 is 0 Å². The van der Waals surface area contributed by atoms with Gasteiger partial charge in [-0.05, 0) is 51.6 Å². The second kappa shape index (κ2) is 5.54. The Kier molecular flexibility index (Phi) is 3.55. The average molecular weight is 287 g/mol. The Hall–Kier alpha value is -1.20. The Morgan fingerprint density at radius 2 is 1.90 bits per heavy atom. The maximum Gasteiger partial charge on any atom is 0.135 e. The Morgan fingerprint density at radius 1 is 1.05 bits per heavy atom. The second-order valence-corrected chi connectivity index (χ2v) is 6.74. The SMILES string of the molecule is NC1CCN(C2CCN(c3ncnc4c3CCC4)C2)CC1. The molecule has 0 radical (unpaired) electrons. The third-order valence-corrected chi connectivity index (χ3v) is 5.41. The van der Waals surface area contributed by atoms with Crippen LogP contribution in [0.2, 0.25) is 0 Å². The van der Waals surface area contributed by atoms with Gasteiger partial charge in [0, 0.05) is 36.4 Å². The summed E-state index contributed by atoms with van der Waals surface area (Å²) in [5.41, 5.74) is 8.72. The van der Waals surface area contributed by atoms with E-state index in [-0.39, 0.29) is 0 Å². The molecule has 0 bridgehead atoms. The molecular formula is C16H25N5. The Morgan fingerprint density at radius 3 is 2.76 bits per heavy atom. The van der Waals surface area contributed by atoms with Crippen LogP contribution >= 0.6 is 0 Å². The highest BCUT2D eigenvalue weighted by Gasteiger charge is 2.32. The van der Waals surface area contributed by atoms with Crippen molar-refractivity contribution in [2.24, 2.45) is 5.73 Å². The van der Waals surface area contributed by atoms with Gasteiger partial charge in [0.2, 0.25) is 0 Å². The minimum atomic E-state index is 0.420. The third kappa shape index (κ3) is 2.53. The first kappa shape index (κ1) is 13.5. The van der Waals surface area contributed by atoms with Crippen molar-refractivity contribution in [3.63, 3.8) is 0 Å². The van der Waals surface area contributed by atoms with Crippen molar-refractivity contribution >= 4 is 5.82 Å². The predicted molar refractivity (Wildman–Crippen MR) is 83.5 cm³/mol. The number of nitrogens with zero attached hydrogens (tertiary/aromatic N) is 4. The highest BCUT2D eigenvalue weighted by atomic mass is 15.3. The first-order valence-corrected chi connectivity index (χ1v) is 8.38. The number of anilines is 1. The number of piperidine rings is 1. The van der Waals surface area contributed by atoms with E-state index in [9.17, 15) is 0 Å². The lowest BCUT2D eigenvalue weighted by Gasteiger charge is -2.34. The molecule has 2 saturated heterocycles. The molecule has 2 aliphatic heterocycles. The summed E-state index contributed by atoms with van der Waals surface area (Å²) in [4.78, 5) is 14.2. The molecule has 21 heavy (non-hydrogen) atoms. The largest absolute Gasteiger partial charge is 0.355 e. The number of fused-ring (bicyclic) bond motifs is 1. The molecule has 1 unspecified atom stereocenters. The molecular weight excluding hydrogens is 262 g/mol. The van der Waals surface area contributed by atoms with Gasteiger partial charge in [-0.15, -0.1) is 0 Å². The van der Waals surface area contributed by atoms with Crippen LogP contribution in [-0.4, -0.2) is 53.1 Å². The number of aryl methyl sites for hydroxylation is 1. The summed E-state index contributed by atoms with van der Waals surface area (Å²) < 4.78 is 0. The summed E-state index contributed by atoms with van der Waals surface area (Å²) in [7, 11) is 0. The summed E-state index contributed by atoms with van der Waals surface area (Å²) in [5, 5.41) is 0. The maximum absolute atomic E-state index is 6.02. The summed E-state index contributed by atoms with van der Waals surface area (Å²) >= 11 is 0. The van der Waals surface area contributed by atoms with Gasteiger partial charge in [0.25, 0.3) is 0 Å². The smallest absolute Gasteiger partial charge is 0.135 e. The minimum Gasteiger partial charge on any atom is -0.355 e. The quantitative estimate of drug-likeness (QED) is 0.878. The zero-order valence-electron chi connectivity index (χ0n) is 12.7. The van der Waals surface area contributed by atoms with Crippen molar-refractivity contribution in [1.82, 2.24) is 14.9 Å². The minimum absolute atomic E-state index is 0.420. The van der Waals surface area contributed by atoms with Crippen LogP contribution < -0.4 is 10.6 Å². The lowest BCUT2D eigenvalue weighted by molar-refractivity contribution is 0.163. The van der Waals surface area contributed by atoms with Gasteiger partial charge in [-0.25, -0.2) is 9.97 Å². The molecule has 1 aliphatic carbocycles. The van der Waals surface area contributed by atoms with Crippen LogP contribution in [0.3, 0.4) is 0 Å². The van der Waals surface area contributed by atoms with Crippen molar-refractivity contribution in [2.45, 2.75) is 50.6 Å². The van der Waals surface area contributed by atoms with Crippen LogP contribution in [0.5, 0.6) is 0 Å². The Labute approximate surface area is 126 Å². The fourth-order valence-corrected chi connectivity index (χ4v) is 4.13. The highest BCUT2D eigenvalue weighted by molar-refractivity contribution is 5.51. The van der Waals surface area contributed by atoms with Crippen molar-refractivity contribution in [2.75, 3.05) is 31.1 Å². The molecule has 5 nitrogen and oxygen atoms in total. The molecule has 0 spiro atoms. The van der Waals surface area contributed by atoms with Crippen LogP contribution in [0.25, 0.3) is 0 Å². The number of hydrogen-bond acceptors (Lipinski definition) is 5. The van der Waals surface area contributed by atoms with Crippen LogP contribution in [0.1, 0.15) is 36.9 Å². The van der Waals surface area contributed by atoms with E-state index in [1.165, 1.54) is 43.0 Å². The lowest BCUT2D eigenvalue weighted by Crippen LogP contribution is -2.46. The molecule has 0 amide bonds. The Bertz CT molecular complexity index is 509. The first-order chi connectivity index (χ1) is 10.3. The van der Waals surface area contributed by atoms with Crippen molar-refractivity contribution in [1.29, 1.82) is 0 Å². The number of aromatic nitrogens is 2. The molecule has 2 N–H and O–H groups in total. The van der Waals surface area contributed by atoms with Crippen LogP contribution in [0, 0.1) is 0 Å². The second-order valence-electron chi connectivity index (χ2n) is 6.74. The predicted octanol–water partition coefficient (Wildman–Crippen LogP) is 0.967. The average Bonchev–Trinajstić information content (AvgIpc) is 3.16. The molecule has 3 aliphatic rings. The fraction of sp³-hybridized carbons (Fsp3) is 0.750. The van der Waals surface area contributed by atoms with E-state index >= 15 is 0 Å². The third-order valence-electron chi connectivity index (χ3n) is 5.41. The van der Waals surface area contributed by atoms with Gasteiger partial charge in [-0.2, -0.15) is 0 Å². The van der Waals surface area contributed by atoms with Gasteiger partial charge in [0.05, 0.1) is 0 Å². The number of likely N-dealkylation sites (tertiary alicyclic amines) is 1. The first-order valence-electron chi connectivity index (χ1n) is 8.38. The zero-order chi connectivity index (χ0) is 14.2. The van der Waals surface area contributed by atoms with Gasteiger partial charge < -0.3 is 10.6 Å². The highest BCUT2D eigenvalue weighted by Crippen LogP contribution is 2.31. The van der Waals surface area contributed by atoms with Crippen molar-refractivity contribution < 1.29 is 0 Å². The summed E-state index contributed by atoms with van der Waals surface area (Å²) in [6.07, 6.45) is 8.85. The van der Waals surface area contributed by atoms with E-state index in [2.05, 4.69) is 19.8 Å².